The number of rotatable bonds is 4. The summed E-state index contributed by atoms with van der Waals surface area (Å²) in [4.78, 5) is 17.1. The summed E-state index contributed by atoms with van der Waals surface area (Å²) in [5, 5.41) is 3.00. The van der Waals surface area contributed by atoms with Gasteiger partial charge in [-0.3, -0.25) is 9.69 Å². The summed E-state index contributed by atoms with van der Waals surface area (Å²) >= 11 is 0. The number of hydrogen-bond donors (Lipinski definition) is 1. The maximum atomic E-state index is 12.5. The van der Waals surface area contributed by atoms with Crippen molar-refractivity contribution in [3.63, 3.8) is 0 Å². The topological polar surface area (TPSA) is 35.6 Å². The van der Waals surface area contributed by atoms with Crippen LogP contribution in [0.1, 0.15) is 18.1 Å². The third-order valence-electron chi connectivity index (χ3n) is 5.14. The number of hydrogen-bond acceptors (Lipinski definition) is 3. The van der Waals surface area contributed by atoms with Crippen molar-refractivity contribution in [2.75, 3.05) is 36.4 Å². The quantitative estimate of drug-likeness (QED) is 0.928. The SMILES string of the molecule is Cc1ccc(N2CCN(C(C)C(=O)Nc3ccccc3)CC2)cc1C. The van der Waals surface area contributed by atoms with Gasteiger partial charge in [0, 0.05) is 37.6 Å². The van der Waals surface area contributed by atoms with E-state index >= 15 is 0 Å². The summed E-state index contributed by atoms with van der Waals surface area (Å²) in [5.41, 5.74) is 4.79. The normalized spacial score (nSPS) is 16.5. The number of carbonyl (C=O) groups excluding carboxylic acids is 1. The summed E-state index contributed by atoms with van der Waals surface area (Å²) in [5.74, 6) is 0.0610. The molecule has 0 bridgehead atoms. The van der Waals surface area contributed by atoms with E-state index in [1.165, 1.54) is 16.8 Å². The Morgan fingerprint density at radius 3 is 2.28 bits per heavy atom. The van der Waals surface area contributed by atoms with Crippen LogP contribution in [0.4, 0.5) is 11.4 Å². The van der Waals surface area contributed by atoms with Crippen molar-refractivity contribution in [3.8, 4) is 0 Å². The molecule has 1 atom stereocenters. The molecule has 3 rings (SSSR count). The molecule has 0 saturated carbocycles. The van der Waals surface area contributed by atoms with Gasteiger partial charge in [-0.25, -0.2) is 0 Å². The molecule has 0 spiro atoms. The minimum absolute atomic E-state index is 0.0610. The lowest BCUT2D eigenvalue weighted by Crippen LogP contribution is -2.52. The maximum Gasteiger partial charge on any atom is 0.241 e. The lowest BCUT2D eigenvalue weighted by molar-refractivity contribution is -0.120. The lowest BCUT2D eigenvalue weighted by atomic mass is 10.1. The largest absolute Gasteiger partial charge is 0.369 e. The first-order chi connectivity index (χ1) is 12.0. The predicted octanol–water partition coefficient (Wildman–Crippen LogP) is 3.45. The molecule has 1 fully saturated rings. The highest BCUT2D eigenvalue weighted by Crippen LogP contribution is 2.21. The first-order valence-corrected chi connectivity index (χ1v) is 8.97. The molecule has 0 aromatic heterocycles. The predicted molar refractivity (Wildman–Crippen MR) is 104 cm³/mol. The molecule has 2 aromatic carbocycles. The Kier molecular flexibility index (Phi) is 5.39. The van der Waals surface area contributed by atoms with Gasteiger partial charge in [0.2, 0.25) is 5.91 Å². The van der Waals surface area contributed by atoms with Crippen LogP contribution in [0, 0.1) is 13.8 Å². The zero-order valence-electron chi connectivity index (χ0n) is 15.3. The van der Waals surface area contributed by atoms with Crippen molar-refractivity contribution in [3.05, 3.63) is 59.7 Å². The standard InChI is InChI=1S/C21H27N3O/c1-16-9-10-20(15-17(16)2)24-13-11-23(12-14-24)18(3)21(25)22-19-7-5-4-6-8-19/h4-10,15,18H,11-14H2,1-3H3,(H,22,25). The molecule has 1 aliphatic heterocycles. The van der Waals surface area contributed by atoms with E-state index in [0.717, 1.165) is 31.9 Å². The first kappa shape index (κ1) is 17.5. The molecule has 0 aliphatic carbocycles. The molecule has 2 aromatic rings. The molecule has 25 heavy (non-hydrogen) atoms. The van der Waals surface area contributed by atoms with Crippen LogP contribution in [0.5, 0.6) is 0 Å². The van der Waals surface area contributed by atoms with Gasteiger partial charge >= 0.3 is 0 Å². The highest BCUT2D eigenvalue weighted by molar-refractivity contribution is 5.94. The van der Waals surface area contributed by atoms with Crippen LogP contribution in [-0.2, 0) is 4.79 Å². The molecule has 1 heterocycles. The molecule has 4 heteroatoms. The summed E-state index contributed by atoms with van der Waals surface area (Å²) in [6.07, 6.45) is 0. The fourth-order valence-corrected chi connectivity index (χ4v) is 3.22. The van der Waals surface area contributed by atoms with Gasteiger partial charge in [-0.2, -0.15) is 0 Å². The van der Waals surface area contributed by atoms with E-state index in [2.05, 4.69) is 47.2 Å². The molecule has 0 radical (unpaired) electrons. The third kappa shape index (κ3) is 4.20. The Morgan fingerprint density at radius 1 is 0.960 bits per heavy atom. The van der Waals surface area contributed by atoms with Crippen LogP contribution in [-0.4, -0.2) is 43.0 Å². The monoisotopic (exact) mass is 337 g/mol. The molecule has 4 nitrogen and oxygen atoms in total. The van der Waals surface area contributed by atoms with Gasteiger partial charge in [0.15, 0.2) is 0 Å². The van der Waals surface area contributed by atoms with E-state index in [-0.39, 0.29) is 11.9 Å². The number of nitrogens with one attached hydrogen (secondary N) is 1. The van der Waals surface area contributed by atoms with E-state index in [9.17, 15) is 4.79 Å². The number of carbonyl (C=O) groups is 1. The van der Waals surface area contributed by atoms with Gasteiger partial charge < -0.3 is 10.2 Å². The Hall–Kier alpha value is -2.33. The second-order valence-corrected chi connectivity index (χ2v) is 6.82. The van der Waals surface area contributed by atoms with Crippen molar-refractivity contribution < 1.29 is 4.79 Å². The van der Waals surface area contributed by atoms with Crippen LogP contribution < -0.4 is 10.2 Å². The van der Waals surface area contributed by atoms with Crippen molar-refractivity contribution >= 4 is 17.3 Å². The third-order valence-corrected chi connectivity index (χ3v) is 5.14. The number of piperazine rings is 1. The smallest absolute Gasteiger partial charge is 0.241 e. The highest BCUT2D eigenvalue weighted by atomic mass is 16.2. The van der Waals surface area contributed by atoms with E-state index in [1.54, 1.807) is 0 Å². The molecule has 132 valence electrons. The number of para-hydroxylation sites is 1. The molecule has 1 unspecified atom stereocenters. The van der Waals surface area contributed by atoms with Gasteiger partial charge in [0.05, 0.1) is 6.04 Å². The Bertz CT molecular complexity index is 721. The summed E-state index contributed by atoms with van der Waals surface area (Å²) in [7, 11) is 0. The Balaban J connectivity index is 1.56. The fraction of sp³-hybridized carbons (Fsp3) is 0.381. The van der Waals surface area contributed by atoms with Crippen molar-refractivity contribution in [2.45, 2.75) is 26.8 Å². The molecule has 1 saturated heterocycles. The Morgan fingerprint density at radius 2 is 1.64 bits per heavy atom. The molecule has 1 amide bonds. The number of nitrogens with zero attached hydrogens (tertiary/aromatic N) is 2. The minimum Gasteiger partial charge on any atom is -0.369 e. The Labute approximate surface area is 150 Å². The van der Waals surface area contributed by atoms with Crippen molar-refractivity contribution in [2.24, 2.45) is 0 Å². The van der Waals surface area contributed by atoms with Gasteiger partial charge in [-0.1, -0.05) is 24.3 Å². The van der Waals surface area contributed by atoms with Gasteiger partial charge in [0.1, 0.15) is 0 Å². The van der Waals surface area contributed by atoms with Gasteiger partial charge in [-0.05, 0) is 56.2 Å². The number of anilines is 2. The van der Waals surface area contributed by atoms with Crippen molar-refractivity contribution in [1.29, 1.82) is 0 Å². The fourth-order valence-electron chi connectivity index (χ4n) is 3.22. The summed E-state index contributed by atoms with van der Waals surface area (Å²) in [6, 6.07) is 16.2. The highest BCUT2D eigenvalue weighted by Gasteiger charge is 2.25. The molecule has 1 N–H and O–H groups in total. The van der Waals surface area contributed by atoms with E-state index in [1.807, 2.05) is 37.3 Å². The summed E-state index contributed by atoms with van der Waals surface area (Å²) < 4.78 is 0. The van der Waals surface area contributed by atoms with Gasteiger partial charge in [0.25, 0.3) is 0 Å². The van der Waals surface area contributed by atoms with Crippen LogP contribution in [0.3, 0.4) is 0 Å². The number of aryl methyl sites for hydroxylation is 2. The molecule has 1 aliphatic rings. The number of amides is 1. The second kappa shape index (κ2) is 7.70. The number of benzene rings is 2. The summed E-state index contributed by atoms with van der Waals surface area (Å²) in [6.45, 7) is 9.99. The van der Waals surface area contributed by atoms with Crippen molar-refractivity contribution in [1.82, 2.24) is 4.90 Å². The van der Waals surface area contributed by atoms with E-state index < -0.39 is 0 Å². The lowest BCUT2D eigenvalue weighted by Gasteiger charge is -2.38. The zero-order chi connectivity index (χ0) is 17.8. The minimum atomic E-state index is -0.123. The second-order valence-electron chi connectivity index (χ2n) is 6.82. The van der Waals surface area contributed by atoms with Crippen LogP contribution >= 0.6 is 0 Å². The van der Waals surface area contributed by atoms with Crippen LogP contribution in [0.15, 0.2) is 48.5 Å². The first-order valence-electron chi connectivity index (χ1n) is 8.97. The molecular weight excluding hydrogens is 310 g/mol. The average Bonchev–Trinajstić information content (AvgIpc) is 2.64. The van der Waals surface area contributed by atoms with Crippen LogP contribution in [0.2, 0.25) is 0 Å². The van der Waals surface area contributed by atoms with Gasteiger partial charge in [-0.15, -0.1) is 0 Å². The zero-order valence-corrected chi connectivity index (χ0v) is 15.3. The molecular formula is C21H27N3O. The van der Waals surface area contributed by atoms with E-state index in [4.69, 9.17) is 0 Å². The van der Waals surface area contributed by atoms with Crippen LogP contribution in [0.25, 0.3) is 0 Å². The maximum absolute atomic E-state index is 12.5. The van der Waals surface area contributed by atoms with E-state index in [0.29, 0.717) is 0 Å². The average molecular weight is 337 g/mol.